The minimum atomic E-state index is -0.344. The third kappa shape index (κ3) is 3.41. The molecule has 0 fully saturated rings. The highest BCUT2D eigenvalue weighted by molar-refractivity contribution is 7.98. The van der Waals surface area contributed by atoms with E-state index in [9.17, 15) is 4.79 Å². The Morgan fingerprint density at radius 2 is 1.83 bits per heavy atom. The van der Waals surface area contributed by atoms with Crippen LogP contribution in [0.2, 0.25) is 0 Å². The smallest absolute Gasteiger partial charge is 0.337 e. The number of benzene rings is 2. The fourth-order valence-corrected chi connectivity index (χ4v) is 2.97. The first-order chi connectivity index (χ1) is 11.7. The Labute approximate surface area is 143 Å². The molecule has 0 radical (unpaired) electrons. The van der Waals surface area contributed by atoms with Gasteiger partial charge in [0, 0.05) is 11.3 Å². The lowest BCUT2D eigenvalue weighted by molar-refractivity contribution is 0.0600. The lowest BCUT2D eigenvalue weighted by Gasteiger charge is -2.04. The van der Waals surface area contributed by atoms with Crippen LogP contribution in [-0.2, 0) is 10.5 Å². The van der Waals surface area contributed by atoms with Gasteiger partial charge >= 0.3 is 5.97 Å². The van der Waals surface area contributed by atoms with Gasteiger partial charge in [-0.3, -0.25) is 0 Å². The van der Waals surface area contributed by atoms with Gasteiger partial charge in [-0.2, -0.15) is 0 Å². The second-order valence-electron chi connectivity index (χ2n) is 5.02. The number of ether oxygens (including phenoxy) is 1. The Kier molecular flexibility index (Phi) is 4.81. The number of hydrogen-bond acceptors (Lipinski definition) is 6. The monoisotopic (exact) mass is 340 g/mol. The van der Waals surface area contributed by atoms with E-state index >= 15 is 0 Å². The average Bonchev–Trinajstić information content (AvgIpc) is 3.01. The molecule has 0 aliphatic carbocycles. The zero-order valence-corrected chi connectivity index (χ0v) is 13.9. The van der Waals surface area contributed by atoms with Crippen LogP contribution in [0.3, 0.4) is 0 Å². The summed E-state index contributed by atoms with van der Waals surface area (Å²) in [5.74, 6) is 7.04. The van der Waals surface area contributed by atoms with Crippen molar-refractivity contribution in [3.8, 4) is 11.4 Å². The largest absolute Gasteiger partial charge is 0.465 e. The maximum atomic E-state index is 11.4. The lowest BCUT2D eigenvalue weighted by Crippen LogP contribution is -2.11. The Morgan fingerprint density at radius 1 is 1.12 bits per heavy atom. The Balaban J connectivity index is 1.69. The third-order valence-corrected chi connectivity index (χ3v) is 4.45. The van der Waals surface area contributed by atoms with Gasteiger partial charge in [-0.1, -0.05) is 54.2 Å². The zero-order valence-electron chi connectivity index (χ0n) is 13.0. The first-order valence-electron chi connectivity index (χ1n) is 7.25. The number of nitrogen functional groups attached to an aromatic ring is 1. The van der Waals surface area contributed by atoms with E-state index in [4.69, 9.17) is 5.84 Å². The lowest BCUT2D eigenvalue weighted by atomic mass is 10.1. The number of thioether (sulfide) groups is 1. The molecule has 0 atom stereocenters. The predicted octanol–water partition coefficient (Wildman–Crippen LogP) is 2.74. The first-order valence-corrected chi connectivity index (χ1v) is 8.23. The second kappa shape index (κ2) is 7.18. The van der Waals surface area contributed by atoms with E-state index < -0.39 is 0 Å². The number of carbonyl (C=O) groups is 1. The van der Waals surface area contributed by atoms with E-state index in [0.717, 1.165) is 11.1 Å². The predicted molar refractivity (Wildman–Crippen MR) is 93.0 cm³/mol. The summed E-state index contributed by atoms with van der Waals surface area (Å²) >= 11 is 1.48. The quantitative estimate of drug-likeness (QED) is 0.437. The molecular weight excluding hydrogens is 324 g/mol. The maximum absolute atomic E-state index is 11.4. The van der Waals surface area contributed by atoms with Crippen molar-refractivity contribution in [2.24, 2.45) is 0 Å². The van der Waals surface area contributed by atoms with Gasteiger partial charge in [0.05, 0.1) is 12.7 Å². The van der Waals surface area contributed by atoms with Crippen molar-refractivity contribution < 1.29 is 9.53 Å². The molecule has 2 aromatic carbocycles. The van der Waals surface area contributed by atoms with Crippen LogP contribution < -0.4 is 5.84 Å². The zero-order chi connectivity index (χ0) is 16.9. The van der Waals surface area contributed by atoms with Crippen LogP contribution >= 0.6 is 11.8 Å². The van der Waals surface area contributed by atoms with Crippen LogP contribution in [-0.4, -0.2) is 28.0 Å². The summed E-state index contributed by atoms with van der Waals surface area (Å²) in [6.07, 6.45) is 0. The van der Waals surface area contributed by atoms with Crippen molar-refractivity contribution in [3.63, 3.8) is 0 Å². The highest BCUT2D eigenvalue weighted by Crippen LogP contribution is 2.24. The molecule has 1 aromatic heterocycles. The number of rotatable bonds is 5. The first kappa shape index (κ1) is 16.1. The van der Waals surface area contributed by atoms with Crippen molar-refractivity contribution in [2.45, 2.75) is 10.9 Å². The van der Waals surface area contributed by atoms with E-state index in [1.807, 2.05) is 42.5 Å². The molecule has 3 rings (SSSR count). The normalized spacial score (nSPS) is 10.5. The number of aromatic nitrogens is 3. The van der Waals surface area contributed by atoms with Crippen molar-refractivity contribution in [1.82, 2.24) is 14.9 Å². The molecule has 0 unspecified atom stereocenters. The third-order valence-electron chi connectivity index (χ3n) is 3.44. The van der Waals surface area contributed by atoms with Gasteiger partial charge in [-0.25, -0.2) is 9.47 Å². The van der Waals surface area contributed by atoms with E-state index in [-0.39, 0.29) is 5.97 Å². The summed E-state index contributed by atoms with van der Waals surface area (Å²) in [5, 5.41) is 8.93. The Bertz CT molecular complexity index is 832. The van der Waals surface area contributed by atoms with Crippen molar-refractivity contribution >= 4 is 17.7 Å². The van der Waals surface area contributed by atoms with Crippen LogP contribution in [0.5, 0.6) is 0 Å². The highest BCUT2D eigenvalue weighted by Gasteiger charge is 2.12. The van der Waals surface area contributed by atoms with Gasteiger partial charge in [0.1, 0.15) is 0 Å². The number of methoxy groups -OCH3 is 1. The van der Waals surface area contributed by atoms with Gasteiger partial charge in [0.25, 0.3) is 0 Å². The Hall–Kier alpha value is -2.80. The molecule has 0 aliphatic rings. The Morgan fingerprint density at radius 3 is 2.50 bits per heavy atom. The van der Waals surface area contributed by atoms with Crippen molar-refractivity contribution in [2.75, 3.05) is 13.0 Å². The highest BCUT2D eigenvalue weighted by atomic mass is 32.2. The van der Waals surface area contributed by atoms with Crippen LogP contribution in [0.15, 0.2) is 59.8 Å². The van der Waals surface area contributed by atoms with E-state index in [1.54, 1.807) is 12.1 Å². The van der Waals surface area contributed by atoms with Gasteiger partial charge in [0.2, 0.25) is 5.16 Å². The molecule has 0 saturated heterocycles. The molecule has 3 aromatic rings. The molecule has 0 spiro atoms. The van der Waals surface area contributed by atoms with Gasteiger partial charge in [-0.05, 0) is 17.7 Å². The summed E-state index contributed by atoms with van der Waals surface area (Å²) in [6, 6.07) is 16.9. The fraction of sp³-hybridized carbons (Fsp3) is 0.118. The SMILES string of the molecule is COC(=O)c1ccc(CSc2nnc(-c3ccccc3)n2N)cc1. The van der Waals surface area contributed by atoms with Crippen LogP contribution in [0, 0.1) is 0 Å². The molecule has 0 aliphatic heterocycles. The maximum Gasteiger partial charge on any atom is 0.337 e. The molecule has 2 N–H and O–H groups in total. The van der Waals surface area contributed by atoms with Gasteiger partial charge < -0.3 is 10.6 Å². The standard InChI is InChI=1S/C17H16N4O2S/c1-23-16(22)14-9-7-12(8-10-14)11-24-17-20-19-15(21(17)18)13-5-3-2-4-6-13/h2-10H,11,18H2,1H3. The van der Waals surface area contributed by atoms with Gasteiger partial charge in [0.15, 0.2) is 5.82 Å². The molecule has 7 heteroatoms. The summed E-state index contributed by atoms with van der Waals surface area (Å²) in [5.41, 5.74) is 2.50. The molecular formula is C17H16N4O2S. The molecule has 0 amide bonds. The van der Waals surface area contributed by atoms with Crippen molar-refractivity contribution in [3.05, 3.63) is 65.7 Å². The minimum Gasteiger partial charge on any atom is -0.465 e. The number of nitrogens with two attached hydrogens (primary N) is 1. The summed E-state index contributed by atoms with van der Waals surface area (Å²) < 4.78 is 6.17. The van der Waals surface area contributed by atoms with Crippen molar-refractivity contribution in [1.29, 1.82) is 0 Å². The van der Waals surface area contributed by atoms with Gasteiger partial charge in [-0.15, -0.1) is 10.2 Å². The molecule has 1 heterocycles. The summed E-state index contributed by atoms with van der Waals surface area (Å²) in [7, 11) is 1.37. The number of esters is 1. The summed E-state index contributed by atoms with van der Waals surface area (Å²) in [4.78, 5) is 11.4. The van der Waals surface area contributed by atoms with E-state index in [2.05, 4.69) is 14.9 Å². The minimum absolute atomic E-state index is 0.344. The number of hydrogen-bond donors (Lipinski definition) is 1. The fourth-order valence-electron chi connectivity index (χ4n) is 2.16. The molecule has 122 valence electrons. The second-order valence-corrected chi connectivity index (χ2v) is 5.96. The topological polar surface area (TPSA) is 83.0 Å². The molecule has 6 nitrogen and oxygen atoms in total. The number of carbonyl (C=O) groups excluding carboxylic acids is 1. The van der Waals surface area contributed by atoms with E-state index in [0.29, 0.717) is 22.3 Å². The molecule has 0 saturated carbocycles. The van der Waals surface area contributed by atoms with Crippen LogP contribution in [0.1, 0.15) is 15.9 Å². The molecule has 0 bridgehead atoms. The van der Waals surface area contributed by atoms with Crippen LogP contribution in [0.25, 0.3) is 11.4 Å². The average molecular weight is 340 g/mol. The molecule has 24 heavy (non-hydrogen) atoms. The number of nitrogens with zero attached hydrogens (tertiary/aromatic N) is 3. The van der Waals surface area contributed by atoms with E-state index in [1.165, 1.54) is 23.5 Å². The summed E-state index contributed by atoms with van der Waals surface area (Å²) in [6.45, 7) is 0. The van der Waals surface area contributed by atoms with Crippen LogP contribution in [0.4, 0.5) is 0 Å².